The maximum Gasteiger partial charge on any atom is 0.306 e. The maximum absolute atomic E-state index is 12.6. The molecule has 2 unspecified atom stereocenters. The molecule has 0 rings (SSSR count). The summed E-state index contributed by atoms with van der Waals surface area (Å²) in [4.78, 5) is 36.7. The Morgan fingerprint density at radius 3 is 1.59 bits per heavy atom. The Morgan fingerprint density at radius 1 is 0.571 bits per heavy atom. The molecule has 0 aliphatic carbocycles. The van der Waals surface area contributed by atoms with Gasteiger partial charge in [-0.3, -0.25) is 9.59 Å². The first-order valence-electron chi connectivity index (χ1n) is 21.3. The normalized spacial score (nSPS) is 13.9. The fraction of sp³-hybridized carbons (Fsp3) is 0.604. The van der Waals surface area contributed by atoms with Crippen molar-refractivity contribution >= 4 is 17.9 Å². The van der Waals surface area contributed by atoms with Crippen molar-refractivity contribution in [2.45, 2.75) is 148 Å². The van der Waals surface area contributed by atoms with E-state index in [9.17, 15) is 19.5 Å². The molecule has 0 aliphatic heterocycles. The molecule has 0 N–H and O–H groups in total. The molecule has 316 valence electrons. The zero-order valence-corrected chi connectivity index (χ0v) is 35.8. The minimum Gasteiger partial charge on any atom is -0.544 e. The number of allylic oxidation sites excluding steroid dienone is 16. The molecule has 0 aromatic carbocycles. The number of unbranched alkanes of at least 4 members (excludes halogenated alkanes) is 7. The fourth-order valence-electron chi connectivity index (χ4n) is 5.40. The van der Waals surface area contributed by atoms with Crippen LogP contribution in [-0.2, 0) is 28.6 Å². The van der Waals surface area contributed by atoms with Crippen LogP contribution in [0.5, 0.6) is 0 Å². The summed E-state index contributed by atoms with van der Waals surface area (Å²) in [6.45, 7) is 4.38. The zero-order valence-electron chi connectivity index (χ0n) is 35.8. The molecule has 0 bridgehead atoms. The van der Waals surface area contributed by atoms with Gasteiger partial charge in [0.1, 0.15) is 12.6 Å². The van der Waals surface area contributed by atoms with E-state index in [1.54, 1.807) is 21.1 Å². The summed E-state index contributed by atoms with van der Waals surface area (Å²) in [5.41, 5.74) is 0. The molecule has 0 fully saturated rings. The van der Waals surface area contributed by atoms with E-state index in [0.29, 0.717) is 12.8 Å². The first kappa shape index (κ1) is 52.2. The second-order valence-electron chi connectivity index (χ2n) is 14.9. The molecule has 0 saturated heterocycles. The number of carboxylic acid groups (broad SMARTS) is 1. The van der Waals surface area contributed by atoms with E-state index in [1.807, 2.05) is 0 Å². The van der Waals surface area contributed by atoms with Crippen LogP contribution in [0.1, 0.15) is 136 Å². The first-order chi connectivity index (χ1) is 27.1. The quantitative estimate of drug-likeness (QED) is 0.0205. The van der Waals surface area contributed by atoms with Crippen molar-refractivity contribution in [2.24, 2.45) is 0 Å². The van der Waals surface area contributed by atoms with Crippen molar-refractivity contribution in [3.05, 3.63) is 97.2 Å². The summed E-state index contributed by atoms with van der Waals surface area (Å²) in [5.74, 6) is -1.85. The van der Waals surface area contributed by atoms with Gasteiger partial charge in [-0.25, -0.2) is 0 Å². The Hall–Kier alpha value is -3.75. The minimum atomic E-state index is -1.14. The molecule has 0 radical (unpaired) electrons. The number of likely N-dealkylation sites (N-methyl/N-ethyl adjacent to an activating group) is 1. The third kappa shape index (κ3) is 35.9. The third-order valence-electron chi connectivity index (χ3n) is 8.73. The Bertz CT molecular complexity index is 1230. The van der Waals surface area contributed by atoms with Crippen molar-refractivity contribution in [1.82, 2.24) is 0 Å². The zero-order chi connectivity index (χ0) is 41.4. The number of carboxylic acids is 1. The summed E-state index contributed by atoms with van der Waals surface area (Å²) >= 11 is 0. The molecule has 8 heteroatoms. The number of carbonyl (C=O) groups excluding carboxylic acids is 3. The van der Waals surface area contributed by atoms with Crippen LogP contribution in [-0.4, -0.2) is 75.5 Å². The number of rotatable bonds is 36. The molecule has 0 aromatic heterocycles. The van der Waals surface area contributed by atoms with Crippen molar-refractivity contribution in [3.8, 4) is 0 Å². The van der Waals surface area contributed by atoms with Gasteiger partial charge in [0.05, 0.1) is 40.3 Å². The summed E-state index contributed by atoms with van der Waals surface area (Å²) in [7, 11) is 5.36. The van der Waals surface area contributed by atoms with Crippen molar-refractivity contribution in [3.63, 3.8) is 0 Å². The smallest absolute Gasteiger partial charge is 0.306 e. The summed E-state index contributed by atoms with van der Waals surface area (Å²) in [6.07, 6.45) is 50.1. The van der Waals surface area contributed by atoms with Gasteiger partial charge in [-0.05, 0) is 83.5 Å². The molecule has 8 nitrogen and oxygen atoms in total. The Kier molecular flexibility index (Phi) is 35.6. The SMILES string of the molecule is CC/C=C/C/C=C/C/C=C/C/C=C/C/C=C/C/C=C/CCCCC(=O)OCC(COCCC(C(=O)[O-])[N+](C)(C)C)OC(=O)CCCCC/C=C/C=C/CCCC. The van der Waals surface area contributed by atoms with Crippen LogP contribution in [0.4, 0.5) is 0 Å². The number of esters is 2. The molecular weight excluding hydrogens is 703 g/mol. The number of hydrogen-bond donors (Lipinski definition) is 0. The highest BCUT2D eigenvalue weighted by atomic mass is 16.6. The average Bonchev–Trinajstić information content (AvgIpc) is 3.15. The van der Waals surface area contributed by atoms with E-state index < -0.39 is 18.1 Å². The van der Waals surface area contributed by atoms with E-state index in [4.69, 9.17) is 14.2 Å². The summed E-state index contributed by atoms with van der Waals surface area (Å²) < 4.78 is 17.0. The minimum absolute atomic E-state index is 0.00911. The largest absolute Gasteiger partial charge is 0.544 e. The van der Waals surface area contributed by atoms with Crippen LogP contribution in [0.25, 0.3) is 0 Å². The number of ether oxygens (including phenoxy) is 3. The van der Waals surface area contributed by atoms with E-state index in [-0.39, 0.29) is 55.5 Å². The number of aliphatic carboxylic acids is 1. The number of hydrogen-bond acceptors (Lipinski definition) is 7. The van der Waals surface area contributed by atoms with Crippen LogP contribution < -0.4 is 5.11 Å². The lowest BCUT2D eigenvalue weighted by Crippen LogP contribution is -2.55. The standard InChI is InChI=1S/C48H77NO7/c1-6-8-10-12-14-16-18-19-20-21-22-23-24-25-26-27-29-30-32-34-36-38-46(50)55-43-44(42-54-41-40-45(48(52)53)49(3,4)5)56-47(51)39-37-35-33-31-28-17-15-13-11-9-7-2/h8,10,13-17,19-20,22-23,25-26,28-30,44-45H,6-7,9,11-12,18,21,24,27,31-43H2,1-5H3/b10-8+,15-13+,16-14+,20-19+,23-22+,26-25+,28-17+,30-29+. The second-order valence-corrected chi connectivity index (χ2v) is 14.9. The van der Waals surface area contributed by atoms with Gasteiger partial charge in [-0.2, -0.15) is 0 Å². The lowest BCUT2D eigenvalue weighted by molar-refractivity contribution is -0.889. The van der Waals surface area contributed by atoms with E-state index in [0.717, 1.165) is 77.0 Å². The van der Waals surface area contributed by atoms with Gasteiger partial charge in [0.2, 0.25) is 0 Å². The van der Waals surface area contributed by atoms with Crippen LogP contribution in [0.3, 0.4) is 0 Å². The van der Waals surface area contributed by atoms with Gasteiger partial charge in [-0.1, -0.05) is 130 Å². The summed E-state index contributed by atoms with van der Waals surface area (Å²) in [6, 6.07) is -0.742. The molecule has 0 saturated carbocycles. The molecular formula is C48H77NO7. The van der Waals surface area contributed by atoms with Crippen LogP contribution in [0.2, 0.25) is 0 Å². The number of nitrogens with zero attached hydrogens (tertiary/aromatic N) is 1. The van der Waals surface area contributed by atoms with Gasteiger partial charge in [-0.15, -0.1) is 0 Å². The molecule has 2 atom stereocenters. The highest BCUT2D eigenvalue weighted by Crippen LogP contribution is 2.11. The van der Waals surface area contributed by atoms with E-state index >= 15 is 0 Å². The monoisotopic (exact) mass is 780 g/mol. The van der Waals surface area contributed by atoms with Gasteiger partial charge in [0.15, 0.2) is 6.10 Å². The highest BCUT2D eigenvalue weighted by Gasteiger charge is 2.25. The molecule has 0 heterocycles. The Morgan fingerprint density at radius 2 is 1.05 bits per heavy atom. The van der Waals surface area contributed by atoms with Crippen LogP contribution in [0, 0.1) is 0 Å². The molecule has 0 aliphatic rings. The summed E-state index contributed by atoms with van der Waals surface area (Å²) in [5, 5.41) is 11.6. The van der Waals surface area contributed by atoms with Crippen molar-refractivity contribution < 1.29 is 38.2 Å². The first-order valence-corrected chi connectivity index (χ1v) is 21.3. The lowest BCUT2D eigenvalue weighted by Gasteiger charge is -2.34. The predicted molar refractivity (Wildman–Crippen MR) is 231 cm³/mol. The van der Waals surface area contributed by atoms with Crippen LogP contribution in [0.15, 0.2) is 97.2 Å². The van der Waals surface area contributed by atoms with Gasteiger partial charge in [0, 0.05) is 19.3 Å². The van der Waals surface area contributed by atoms with Crippen LogP contribution >= 0.6 is 0 Å². The van der Waals surface area contributed by atoms with Crippen molar-refractivity contribution in [2.75, 3.05) is 41.0 Å². The van der Waals surface area contributed by atoms with E-state index in [2.05, 4.69) is 111 Å². The van der Waals surface area contributed by atoms with E-state index in [1.165, 1.54) is 12.8 Å². The number of carbonyl (C=O) groups is 3. The third-order valence-corrected chi connectivity index (χ3v) is 8.73. The van der Waals surface area contributed by atoms with Crippen molar-refractivity contribution in [1.29, 1.82) is 0 Å². The second kappa shape index (κ2) is 38.1. The fourth-order valence-corrected chi connectivity index (χ4v) is 5.40. The van der Waals surface area contributed by atoms with Gasteiger partial charge >= 0.3 is 11.9 Å². The topological polar surface area (TPSA) is 102 Å². The Labute approximate surface area is 341 Å². The molecule has 0 aromatic rings. The van der Waals surface area contributed by atoms with Gasteiger partial charge < -0.3 is 28.6 Å². The molecule has 56 heavy (non-hydrogen) atoms. The maximum atomic E-state index is 12.6. The highest BCUT2D eigenvalue weighted by molar-refractivity contribution is 5.70. The molecule has 0 spiro atoms. The Balaban J connectivity index is 4.45. The molecule has 0 amide bonds. The average molecular weight is 780 g/mol. The predicted octanol–water partition coefficient (Wildman–Crippen LogP) is 10.2. The lowest BCUT2D eigenvalue weighted by atomic mass is 10.1. The number of quaternary nitrogens is 1. The van der Waals surface area contributed by atoms with Gasteiger partial charge in [0.25, 0.3) is 0 Å².